The summed E-state index contributed by atoms with van der Waals surface area (Å²) in [6.45, 7) is 1.85. The van der Waals surface area contributed by atoms with Crippen molar-refractivity contribution in [3.8, 4) is 45.9 Å². The Morgan fingerprint density at radius 3 is 1.06 bits per heavy atom. The molecule has 0 fully saturated rings. The molecule has 4 aromatic carbocycles. The third-order valence-corrected chi connectivity index (χ3v) is 5.40. The van der Waals surface area contributed by atoms with E-state index in [2.05, 4.69) is 12.1 Å². The molecular weight excluding hydrogens is 436 g/mol. The van der Waals surface area contributed by atoms with Crippen molar-refractivity contribution in [2.75, 3.05) is 26.4 Å². The van der Waals surface area contributed by atoms with Gasteiger partial charge in [-0.15, -0.1) is 0 Å². The smallest absolute Gasteiger partial charge is 0.119 e. The average Bonchev–Trinajstić information content (AvgIpc) is 2.93. The van der Waals surface area contributed by atoms with E-state index in [9.17, 15) is 0 Å². The van der Waals surface area contributed by atoms with Crippen molar-refractivity contribution >= 4 is 0 Å². The predicted molar refractivity (Wildman–Crippen MR) is 135 cm³/mol. The van der Waals surface area contributed by atoms with Gasteiger partial charge in [-0.2, -0.15) is 10.5 Å². The molecular formula is C30H24N2O3. The Hall–Kier alpha value is -4.58. The zero-order valence-electron chi connectivity index (χ0n) is 19.2. The van der Waals surface area contributed by atoms with E-state index >= 15 is 0 Å². The lowest BCUT2D eigenvalue weighted by Crippen LogP contribution is -2.12. The van der Waals surface area contributed by atoms with Gasteiger partial charge in [-0.25, -0.2) is 0 Å². The predicted octanol–water partition coefficient (Wildman–Crippen LogP) is 6.24. The van der Waals surface area contributed by atoms with Crippen LogP contribution in [0.25, 0.3) is 22.3 Å². The van der Waals surface area contributed by atoms with Crippen LogP contribution in [0.1, 0.15) is 11.1 Å². The zero-order chi connectivity index (χ0) is 24.3. The average molecular weight is 461 g/mol. The molecule has 5 nitrogen and oxygen atoms in total. The second-order valence-corrected chi connectivity index (χ2v) is 7.74. The summed E-state index contributed by atoms with van der Waals surface area (Å²) in [5.74, 6) is 1.56. The number of nitriles is 2. The van der Waals surface area contributed by atoms with Crippen molar-refractivity contribution < 1.29 is 14.2 Å². The molecule has 0 amide bonds. The van der Waals surface area contributed by atoms with Gasteiger partial charge in [-0.3, -0.25) is 0 Å². The number of hydrogen-bond acceptors (Lipinski definition) is 5. The second kappa shape index (κ2) is 12.0. The van der Waals surface area contributed by atoms with Crippen LogP contribution in [-0.2, 0) is 4.74 Å². The Bertz CT molecular complexity index is 1190. The van der Waals surface area contributed by atoms with Gasteiger partial charge in [0.05, 0.1) is 36.5 Å². The van der Waals surface area contributed by atoms with Crippen LogP contribution in [0.2, 0.25) is 0 Å². The van der Waals surface area contributed by atoms with Crippen LogP contribution in [0.4, 0.5) is 0 Å². The minimum absolute atomic E-state index is 0.454. The molecule has 0 saturated heterocycles. The Kier molecular flexibility index (Phi) is 8.11. The first-order chi connectivity index (χ1) is 17.2. The van der Waals surface area contributed by atoms with E-state index in [1.165, 1.54) is 0 Å². The van der Waals surface area contributed by atoms with E-state index < -0.39 is 0 Å². The zero-order valence-corrected chi connectivity index (χ0v) is 19.2. The Morgan fingerprint density at radius 2 is 0.743 bits per heavy atom. The molecule has 0 bridgehead atoms. The molecule has 35 heavy (non-hydrogen) atoms. The molecule has 0 radical (unpaired) electrons. The van der Waals surface area contributed by atoms with Crippen molar-refractivity contribution in [2.45, 2.75) is 0 Å². The molecule has 0 N–H and O–H groups in total. The summed E-state index contributed by atoms with van der Waals surface area (Å²) in [5.41, 5.74) is 5.55. The van der Waals surface area contributed by atoms with Crippen molar-refractivity contribution in [2.24, 2.45) is 0 Å². The molecule has 4 aromatic rings. The summed E-state index contributed by atoms with van der Waals surface area (Å²) in [6.07, 6.45) is 0. The fourth-order valence-corrected chi connectivity index (χ4v) is 3.50. The first-order valence-electron chi connectivity index (χ1n) is 11.3. The minimum Gasteiger partial charge on any atom is -0.491 e. The van der Waals surface area contributed by atoms with Crippen LogP contribution in [0.5, 0.6) is 11.5 Å². The molecule has 172 valence electrons. The van der Waals surface area contributed by atoms with Gasteiger partial charge in [0, 0.05) is 0 Å². The Labute approximate surface area is 205 Å². The molecule has 0 unspecified atom stereocenters. The van der Waals surface area contributed by atoms with E-state index in [1.54, 1.807) is 0 Å². The maximum absolute atomic E-state index is 8.91. The van der Waals surface area contributed by atoms with Crippen molar-refractivity contribution in [3.63, 3.8) is 0 Å². The van der Waals surface area contributed by atoms with E-state index in [-0.39, 0.29) is 0 Å². The summed E-state index contributed by atoms with van der Waals surface area (Å²) >= 11 is 0. The van der Waals surface area contributed by atoms with Crippen molar-refractivity contribution in [1.82, 2.24) is 0 Å². The molecule has 4 rings (SSSR count). The van der Waals surface area contributed by atoms with E-state index in [0.29, 0.717) is 37.6 Å². The monoisotopic (exact) mass is 460 g/mol. The van der Waals surface area contributed by atoms with Crippen LogP contribution in [0, 0.1) is 22.7 Å². The molecule has 0 spiro atoms. The second-order valence-electron chi connectivity index (χ2n) is 7.74. The highest BCUT2D eigenvalue weighted by molar-refractivity contribution is 5.65. The van der Waals surface area contributed by atoms with Gasteiger partial charge in [-0.05, 0) is 70.8 Å². The fourth-order valence-electron chi connectivity index (χ4n) is 3.50. The van der Waals surface area contributed by atoms with Crippen LogP contribution in [0.3, 0.4) is 0 Å². The number of rotatable bonds is 10. The lowest BCUT2D eigenvalue weighted by Gasteiger charge is -2.10. The summed E-state index contributed by atoms with van der Waals surface area (Å²) in [4.78, 5) is 0. The molecule has 5 heteroatoms. The molecule has 0 aliphatic rings. The standard InChI is InChI=1S/C30H24N2O3/c31-21-23-1-5-25(6-2-23)27-9-13-29(14-10-27)34-19-17-33-18-20-35-30-15-11-28(12-16-30)26-7-3-24(22-32)4-8-26/h1-16H,17-20H2. The van der Waals surface area contributed by atoms with E-state index in [4.69, 9.17) is 24.7 Å². The van der Waals surface area contributed by atoms with Crippen LogP contribution in [-0.4, -0.2) is 26.4 Å². The van der Waals surface area contributed by atoms with Gasteiger partial charge in [0.1, 0.15) is 24.7 Å². The Balaban J connectivity index is 1.13. The highest BCUT2D eigenvalue weighted by Gasteiger charge is 2.02. The van der Waals surface area contributed by atoms with Crippen molar-refractivity contribution in [1.29, 1.82) is 10.5 Å². The van der Waals surface area contributed by atoms with Gasteiger partial charge in [-0.1, -0.05) is 48.5 Å². The van der Waals surface area contributed by atoms with Gasteiger partial charge in [0.15, 0.2) is 0 Å². The maximum Gasteiger partial charge on any atom is 0.119 e. The summed E-state index contributed by atoms with van der Waals surface area (Å²) in [7, 11) is 0. The molecule has 0 aliphatic carbocycles. The number of ether oxygens (including phenoxy) is 3. The SMILES string of the molecule is N#Cc1ccc(-c2ccc(OCCOCCOc3ccc(-c4ccc(C#N)cc4)cc3)cc2)cc1. The fraction of sp³-hybridized carbons (Fsp3) is 0.133. The first-order valence-corrected chi connectivity index (χ1v) is 11.3. The molecule has 0 aliphatic heterocycles. The lowest BCUT2D eigenvalue weighted by atomic mass is 10.0. The van der Waals surface area contributed by atoms with Crippen LogP contribution < -0.4 is 9.47 Å². The van der Waals surface area contributed by atoms with E-state index in [1.807, 2.05) is 97.1 Å². The molecule has 0 atom stereocenters. The third kappa shape index (κ3) is 6.71. The number of nitrogens with zero attached hydrogens (tertiary/aromatic N) is 2. The molecule has 0 saturated carbocycles. The van der Waals surface area contributed by atoms with Gasteiger partial charge in [0.25, 0.3) is 0 Å². The van der Waals surface area contributed by atoms with Crippen molar-refractivity contribution in [3.05, 3.63) is 108 Å². The maximum atomic E-state index is 8.91. The molecule has 0 aromatic heterocycles. The topological polar surface area (TPSA) is 75.3 Å². The highest BCUT2D eigenvalue weighted by Crippen LogP contribution is 2.24. The number of benzene rings is 4. The third-order valence-electron chi connectivity index (χ3n) is 5.40. The summed E-state index contributed by atoms with van der Waals surface area (Å²) < 4.78 is 17.1. The Morgan fingerprint density at radius 1 is 0.429 bits per heavy atom. The summed E-state index contributed by atoms with van der Waals surface area (Å²) in [6, 6.07) is 35.0. The largest absolute Gasteiger partial charge is 0.491 e. The van der Waals surface area contributed by atoms with Crippen LogP contribution >= 0.6 is 0 Å². The minimum atomic E-state index is 0.454. The van der Waals surface area contributed by atoms with Gasteiger partial charge in [0.2, 0.25) is 0 Å². The van der Waals surface area contributed by atoms with Gasteiger partial charge < -0.3 is 14.2 Å². The number of hydrogen-bond donors (Lipinski definition) is 0. The first kappa shape index (κ1) is 23.6. The summed E-state index contributed by atoms with van der Waals surface area (Å²) in [5, 5.41) is 17.8. The van der Waals surface area contributed by atoms with E-state index in [0.717, 1.165) is 33.8 Å². The lowest BCUT2D eigenvalue weighted by molar-refractivity contribution is 0.0764. The highest BCUT2D eigenvalue weighted by atomic mass is 16.5. The molecule has 0 heterocycles. The normalized spacial score (nSPS) is 10.2. The van der Waals surface area contributed by atoms with Crippen LogP contribution in [0.15, 0.2) is 97.1 Å². The van der Waals surface area contributed by atoms with Gasteiger partial charge >= 0.3 is 0 Å². The quantitative estimate of drug-likeness (QED) is 0.262.